The van der Waals surface area contributed by atoms with Crippen LogP contribution in [0.4, 0.5) is 0 Å². The average Bonchev–Trinajstić information content (AvgIpc) is 2.65. The average molecular weight is 250 g/mol. The van der Waals surface area contributed by atoms with E-state index in [0.29, 0.717) is 19.5 Å². The summed E-state index contributed by atoms with van der Waals surface area (Å²) >= 11 is 0. The molecule has 6 heteroatoms. The number of rotatable bonds is 4. The summed E-state index contributed by atoms with van der Waals surface area (Å²) in [7, 11) is 1.80. The van der Waals surface area contributed by atoms with Crippen LogP contribution >= 0.6 is 12.4 Å². The van der Waals surface area contributed by atoms with Crippen molar-refractivity contribution in [1.29, 1.82) is 0 Å². The highest BCUT2D eigenvalue weighted by molar-refractivity contribution is 5.88. The molecule has 2 atom stereocenters. The molecule has 2 amide bonds. The molecule has 1 saturated heterocycles. The van der Waals surface area contributed by atoms with Crippen LogP contribution in [0.1, 0.15) is 19.8 Å². The maximum atomic E-state index is 11.9. The van der Waals surface area contributed by atoms with Crippen LogP contribution < -0.4 is 11.1 Å². The van der Waals surface area contributed by atoms with E-state index in [-0.39, 0.29) is 24.2 Å². The minimum atomic E-state index is -0.392. The first-order valence-corrected chi connectivity index (χ1v) is 5.32. The molecule has 0 radical (unpaired) electrons. The third-order valence-electron chi connectivity index (χ3n) is 2.80. The van der Waals surface area contributed by atoms with E-state index in [0.717, 1.165) is 6.42 Å². The number of hydrogen-bond donors (Lipinski definition) is 2. The van der Waals surface area contributed by atoms with Gasteiger partial charge in [0.15, 0.2) is 0 Å². The van der Waals surface area contributed by atoms with Crippen LogP contribution in [-0.2, 0) is 9.59 Å². The highest BCUT2D eigenvalue weighted by Crippen LogP contribution is 2.19. The second-order valence-corrected chi connectivity index (χ2v) is 4.05. The fraction of sp³-hybridized carbons (Fsp3) is 0.800. The lowest BCUT2D eigenvalue weighted by atomic mass is 10.1. The van der Waals surface area contributed by atoms with Crippen LogP contribution in [0.15, 0.2) is 0 Å². The van der Waals surface area contributed by atoms with Gasteiger partial charge in [-0.15, -0.1) is 12.4 Å². The van der Waals surface area contributed by atoms with Crippen LogP contribution in [0.25, 0.3) is 0 Å². The van der Waals surface area contributed by atoms with Crippen molar-refractivity contribution in [3.8, 4) is 0 Å². The number of carbonyl (C=O) groups excluding carboxylic acids is 2. The van der Waals surface area contributed by atoms with E-state index in [1.165, 1.54) is 0 Å². The van der Waals surface area contributed by atoms with Gasteiger partial charge in [0, 0.05) is 19.0 Å². The van der Waals surface area contributed by atoms with Gasteiger partial charge in [0.05, 0.1) is 0 Å². The molecular weight excluding hydrogens is 230 g/mol. The highest BCUT2D eigenvalue weighted by Gasteiger charge is 2.34. The smallest absolute Gasteiger partial charge is 0.240 e. The van der Waals surface area contributed by atoms with Crippen molar-refractivity contribution in [2.75, 3.05) is 20.1 Å². The summed E-state index contributed by atoms with van der Waals surface area (Å²) in [6.45, 7) is 3.14. The highest BCUT2D eigenvalue weighted by atomic mass is 35.5. The van der Waals surface area contributed by atoms with Crippen molar-refractivity contribution in [3.05, 3.63) is 0 Å². The zero-order valence-electron chi connectivity index (χ0n) is 9.73. The Balaban J connectivity index is 0.00000225. The van der Waals surface area contributed by atoms with Gasteiger partial charge in [0.25, 0.3) is 0 Å². The summed E-state index contributed by atoms with van der Waals surface area (Å²) < 4.78 is 0. The molecule has 0 spiro atoms. The van der Waals surface area contributed by atoms with Gasteiger partial charge in [-0.05, 0) is 19.9 Å². The first-order valence-electron chi connectivity index (χ1n) is 5.32. The number of halogens is 1. The van der Waals surface area contributed by atoms with Gasteiger partial charge >= 0.3 is 0 Å². The largest absolute Gasteiger partial charge is 0.368 e. The minimum absolute atomic E-state index is 0. The van der Waals surface area contributed by atoms with Crippen molar-refractivity contribution >= 4 is 24.2 Å². The molecule has 16 heavy (non-hydrogen) atoms. The molecule has 1 aliphatic heterocycles. The van der Waals surface area contributed by atoms with E-state index in [4.69, 9.17) is 5.73 Å². The number of nitrogens with zero attached hydrogens (tertiary/aromatic N) is 1. The summed E-state index contributed by atoms with van der Waals surface area (Å²) in [5, 5.41) is 2.95. The second-order valence-electron chi connectivity index (χ2n) is 4.05. The van der Waals surface area contributed by atoms with E-state index in [1.807, 2.05) is 6.92 Å². The third-order valence-corrected chi connectivity index (χ3v) is 2.80. The molecule has 0 aromatic heterocycles. The molecule has 1 aliphatic rings. The predicted molar refractivity (Wildman–Crippen MR) is 64.3 cm³/mol. The molecule has 0 aromatic rings. The molecule has 1 heterocycles. The second kappa shape index (κ2) is 6.70. The molecule has 0 aromatic carbocycles. The Morgan fingerprint density at radius 3 is 2.69 bits per heavy atom. The molecule has 3 N–H and O–H groups in total. The summed E-state index contributed by atoms with van der Waals surface area (Å²) in [5.41, 5.74) is 5.25. The molecule has 94 valence electrons. The molecular formula is C10H20ClN3O2. The zero-order valence-corrected chi connectivity index (χ0v) is 10.5. The Morgan fingerprint density at radius 1 is 1.56 bits per heavy atom. The van der Waals surface area contributed by atoms with E-state index in [2.05, 4.69) is 5.32 Å². The summed E-state index contributed by atoms with van der Waals surface area (Å²) in [5.74, 6) is -0.474. The monoisotopic (exact) mass is 249 g/mol. The maximum absolute atomic E-state index is 11.9. The number of hydrogen-bond acceptors (Lipinski definition) is 3. The van der Waals surface area contributed by atoms with Gasteiger partial charge in [-0.25, -0.2) is 0 Å². The van der Waals surface area contributed by atoms with Gasteiger partial charge in [-0.2, -0.15) is 0 Å². The van der Waals surface area contributed by atoms with E-state index < -0.39 is 11.9 Å². The van der Waals surface area contributed by atoms with Crippen molar-refractivity contribution in [2.24, 2.45) is 11.7 Å². The van der Waals surface area contributed by atoms with Gasteiger partial charge in [0.1, 0.15) is 6.04 Å². The lowest BCUT2D eigenvalue weighted by Crippen LogP contribution is -2.47. The van der Waals surface area contributed by atoms with Crippen LogP contribution in [-0.4, -0.2) is 42.9 Å². The topological polar surface area (TPSA) is 75.4 Å². The van der Waals surface area contributed by atoms with Gasteiger partial charge in [-0.3, -0.25) is 9.59 Å². The lowest BCUT2D eigenvalue weighted by Gasteiger charge is -2.25. The molecule has 5 nitrogen and oxygen atoms in total. The Hall–Kier alpha value is -0.810. The first-order chi connectivity index (χ1) is 7.07. The number of likely N-dealkylation sites (tertiary alicyclic amines) is 1. The van der Waals surface area contributed by atoms with Crippen molar-refractivity contribution < 1.29 is 9.59 Å². The SMILES string of the molecule is CNCC(C)C(=O)N1CCCC1C(N)=O.Cl. The molecule has 0 saturated carbocycles. The van der Waals surface area contributed by atoms with Crippen LogP contribution in [0.5, 0.6) is 0 Å². The van der Waals surface area contributed by atoms with Crippen molar-refractivity contribution in [1.82, 2.24) is 10.2 Å². The fourth-order valence-corrected chi connectivity index (χ4v) is 2.00. The van der Waals surface area contributed by atoms with Gasteiger partial charge < -0.3 is 16.0 Å². The van der Waals surface area contributed by atoms with E-state index in [1.54, 1.807) is 11.9 Å². The lowest BCUT2D eigenvalue weighted by molar-refractivity contribution is -0.140. The number of nitrogens with one attached hydrogen (secondary N) is 1. The Kier molecular flexibility index (Phi) is 6.36. The number of primary amides is 1. The number of amides is 2. The van der Waals surface area contributed by atoms with Crippen LogP contribution in [0.2, 0.25) is 0 Å². The van der Waals surface area contributed by atoms with Crippen LogP contribution in [0, 0.1) is 5.92 Å². The third kappa shape index (κ3) is 3.35. The number of nitrogens with two attached hydrogens (primary N) is 1. The Labute approximate surface area is 102 Å². The van der Waals surface area contributed by atoms with Gasteiger partial charge in [-0.1, -0.05) is 6.92 Å². The fourth-order valence-electron chi connectivity index (χ4n) is 2.00. The molecule has 0 bridgehead atoms. The normalized spacial score (nSPS) is 21.4. The van der Waals surface area contributed by atoms with Crippen LogP contribution in [0.3, 0.4) is 0 Å². The minimum Gasteiger partial charge on any atom is -0.368 e. The zero-order chi connectivity index (χ0) is 11.4. The maximum Gasteiger partial charge on any atom is 0.240 e. The molecule has 1 rings (SSSR count). The standard InChI is InChI=1S/C10H19N3O2.ClH/c1-7(6-12-2)10(15)13-5-3-4-8(13)9(11)14;/h7-8,12H,3-6H2,1-2H3,(H2,11,14);1H. The molecule has 2 unspecified atom stereocenters. The summed E-state index contributed by atoms with van der Waals surface area (Å²) in [4.78, 5) is 24.7. The molecule has 0 aliphatic carbocycles. The predicted octanol–water partition coefficient (Wildman–Crippen LogP) is -0.260. The van der Waals surface area contributed by atoms with E-state index >= 15 is 0 Å². The summed E-state index contributed by atoms with van der Waals surface area (Å²) in [6, 6.07) is -0.392. The first kappa shape index (κ1) is 15.2. The van der Waals surface area contributed by atoms with Gasteiger partial charge in [0.2, 0.25) is 11.8 Å². The molecule has 1 fully saturated rings. The number of carbonyl (C=O) groups is 2. The van der Waals surface area contributed by atoms with Crippen molar-refractivity contribution in [3.63, 3.8) is 0 Å². The summed E-state index contributed by atoms with van der Waals surface area (Å²) in [6.07, 6.45) is 1.57. The Bertz CT molecular complexity index is 260. The van der Waals surface area contributed by atoms with E-state index in [9.17, 15) is 9.59 Å². The Morgan fingerprint density at radius 2 is 2.19 bits per heavy atom. The quantitative estimate of drug-likeness (QED) is 0.721. The van der Waals surface area contributed by atoms with Crippen molar-refractivity contribution in [2.45, 2.75) is 25.8 Å².